The second-order valence-electron chi connectivity index (χ2n) is 5.71. The molecule has 2 N–H and O–H groups in total. The van der Waals surface area contributed by atoms with E-state index in [0.717, 1.165) is 0 Å². The summed E-state index contributed by atoms with van der Waals surface area (Å²) in [7, 11) is 0. The Hall–Kier alpha value is -2.60. The molecular weight excluding hydrogens is 347 g/mol. The van der Waals surface area contributed by atoms with Crippen LogP contribution in [0.1, 0.15) is 23.2 Å². The molecule has 5 nitrogen and oxygen atoms in total. The van der Waals surface area contributed by atoms with E-state index < -0.39 is 0 Å². The van der Waals surface area contributed by atoms with Gasteiger partial charge in [-0.3, -0.25) is 9.59 Å². The third-order valence-corrected chi connectivity index (χ3v) is 4.05. The summed E-state index contributed by atoms with van der Waals surface area (Å²) >= 11 is 6.00. The average Bonchev–Trinajstić information content (AvgIpc) is 2.57. The minimum atomic E-state index is -0.382. The van der Waals surface area contributed by atoms with Gasteiger partial charge in [-0.05, 0) is 42.8 Å². The van der Waals surface area contributed by atoms with E-state index in [0.29, 0.717) is 29.3 Å². The van der Waals surface area contributed by atoms with E-state index in [1.807, 2.05) is 0 Å². The Morgan fingerprint density at radius 1 is 1.24 bits per heavy atom. The van der Waals surface area contributed by atoms with E-state index in [9.17, 15) is 14.0 Å². The highest BCUT2D eigenvalue weighted by Gasteiger charge is 2.23. The van der Waals surface area contributed by atoms with Crippen molar-refractivity contribution < 1.29 is 18.7 Å². The van der Waals surface area contributed by atoms with E-state index in [-0.39, 0.29) is 35.8 Å². The van der Waals surface area contributed by atoms with Gasteiger partial charge in [-0.1, -0.05) is 11.6 Å². The maximum atomic E-state index is 13.0. The smallest absolute Gasteiger partial charge is 0.255 e. The highest BCUT2D eigenvalue weighted by Crippen LogP contribution is 2.29. The van der Waals surface area contributed by atoms with Crippen LogP contribution in [0.15, 0.2) is 42.5 Å². The molecule has 0 bridgehead atoms. The van der Waals surface area contributed by atoms with Gasteiger partial charge in [0.1, 0.15) is 17.3 Å². The number of hydrogen-bond donors (Lipinski definition) is 2. The van der Waals surface area contributed by atoms with Crippen molar-refractivity contribution in [1.29, 1.82) is 0 Å². The first-order valence-corrected chi connectivity index (χ1v) is 8.19. The van der Waals surface area contributed by atoms with Crippen molar-refractivity contribution in [1.82, 2.24) is 10.6 Å². The predicted molar refractivity (Wildman–Crippen MR) is 91.4 cm³/mol. The molecule has 1 aliphatic rings. The second kappa shape index (κ2) is 7.53. The topological polar surface area (TPSA) is 67.4 Å². The zero-order valence-corrected chi connectivity index (χ0v) is 14.0. The Balaban J connectivity index is 1.79. The first kappa shape index (κ1) is 17.2. The van der Waals surface area contributed by atoms with Gasteiger partial charge < -0.3 is 15.4 Å². The summed E-state index contributed by atoms with van der Waals surface area (Å²) in [6.07, 6.45) is 0.909. The van der Waals surface area contributed by atoms with Crippen molar-refractivity contribution in [2.45, 2.75) is 18.9 Å². The molecular formula is C18H16ClFN2O3. The first-order chi connectivity index (χ1) is 12.0. The van der Waals surface area contributed by atoms with Crippen LogP contribution < -0.4 is 15.4 Å². The summed E-state index contributed by atoms with van der Waals surface area (Å²) in [5, 5.41) is 5.96. The Morgan fingerprint density at radius 2 is 2.00 bits per heavy atom. The van der Waals surface area contributed by atoms with Gasteiger partial charge in [-0.15, -0.1) is 0 Å². The fraction of sp³-hybridized carbons (Fsp3) is 0.222. The zero-order valence-electron chi connectivity index (χ0n) is 13.2. The third-order valence-electron chi connectivity index (χ3n) is 3.81. The second-order valence-corrected chi connectivity index (χ2v) is 6.15. The Morgan fingerprint density at radius 3 is 2.72 bits per heavy atom. The highest BCUT2D eigenvalue weighted by atomic mass is 35.5. The molecule has 1 fully saturated rings. The van der Waals surface area contributed by atoms with Crippen molar-refractivity contribution in [3.05, 3.63) is 58.9 Å². The molecule has 1 unspecified atom stereocenters. The number of halogens is 2. The fourth-order valence-corrected chi connectivity index (χ4v) is 2.73. The molecule has 2 aromatic rings. The van der Waals surface area contributed by atoms with Gasteiger partial charge in [0, 0.05) is 30.1 Å². The molecule has 0 saturated carbocycles. The molecule has 0 radical (unpaired) electrons. The molecule has 0 spiro atoms. The van der Waals surface area contributed by atoms with Crippen LogP contribution >= 0.6 is 11.6 Å². The molecule has 2 amide bonds. The highest BCUT2D eigenvalue weighted by molar-refractivity contribution is 6.30. The van der Waals surface area contributed by atoms with Crippen LogP contribution in [0.2, 0.25) is 5.02 Å². The fourth-order valence-electron chi connectivity index (χ4n) is 2.57. The van der Waals surface area contributed by atoms with Crippen molar-refractivity contribution in [3.8, 4) is 11.5 Å². The van der Waals surface area contributed by atoms with Crippen LogP contribution in [0, 0.1) is 5.82 Å². The SMILES string of the molecule is O=C1CC(NC(=O)c2ccc(Cl)cc2Oc2ccc(F)cc2)CCN1. The number of nitrogens with one attached hydrogen (secondary N) is 2. The molecule has 1 saturated heterocycles. The molecule has 0 aromatic heterocycles. The maximum Gasteiger partial charge on any atom is 0.255 e. The third kappa shape index (κ3) is 4.48. The minimum Gasteiger partial charge on any atom is -0.456 e. The number of rotatable bonds is 4. The zero-order chi connectivity index (χ0) is 17.8. The Kier molecular flexibility index (Phi) is 5.19. The number of hydrogen-bond acceptors (Lipinski definition) is 3. The van der Waals surface area contributed by atoms with E-state index in [2.05, 4.69) is 10.6 Å². The van der Waals surface area contributed by atoms with Crippen molar-refractivity contribution >= 4 is 23.4 Å². The quantitative estimate of drug-likeness (QED) is 0.877. The molecule has 25 heavy (non-hydrogen) atoms. The molecule has 1 heterocycles. The van der Waals surface area contributed by atoms with Gasteiger partial charge in [0.05, 0.1) is 5.56 Å². The van der Waals surface area contributed by atoms with Crippen LogP contribution in [0.5, 0.6) is 11.5 Å². The average molecular weight is 363 g/mol. The van der Waals surface area contributed by atoms with Crippen molar-refractivity contribution in [3.63, 3.8) is 0 Å². The molecule has 7 heteroatoms. The van der Waals surface area contributed by atoms with Gasteiger partial charge in [-0.2, -0.15) is 0 Å². The lowest BCUT2D eigenvalue weighted by atomic mass is 10.1. The molecule has 1 aliphatic heterocycles. The first-order valence-electron chi connectivity index (χ1n) is 7.82. The monoisotopic (exact) mass is 362 g/mol. The summed E-state index contributed by atoms with van der Waals surface area (Å²) in [6.45, 7) is 0.531. The summed E-state index contributed by atoms with van der Waals surface area (Å²) in [5.74, 6) is -0.178. The van der Waals surface area contributed by atoms with Gasteiger partial charge in [-0.25, -0.2) is 4.39 Å². The van der Waals surface area contributed by atoms with Crippen LogP contribution in [0.4, 0.5) is 4.39 Å². The van der Waals surface area contributed by atoms with Crippen LogP contribution in [0.25, 0.3) is 0 Å². The van der Waals surface area contributed by atoms with Crippen molar-refractivity contribution in [2.75, 3.05) is 6.54 Å². The van der Waals surface area contributed by atoms with Gasteiger partial charge in [0.25, 0.3) is 5.91 Å². The van der Waals surface area contributed by atoms with E-state index in [4.69, 9.17) is 16.3 Å². The standard InChI is InChI=1S/C18H16ClFN2O3/c19-11-1-6-15(18(24)22-13-7-8-21-17(23)10-13)16(9-11)25-14-4-2-12(20)3-5-14/h1-6,9,13H,7-8,10H2,(H,21,23)(H,22,24). The lowest BCUT2D eigenvalue weighted by molar-refractivity contribution is -0.122. The summed E-state index contributed by atoms with van der Waals surface area (Å²) in [5.41, 5.74) is 0.291. The van der Waals surface area contributed by atoms with Gasteiger partial charge >= 0.3 is 0 Å². The van der Waals surface area contributed by atoms with Crippen LogP contribution in [-0.2, 0) is 4.79 Å². The van der Waals surface area contributed by atoms with Crippen molar-refractivity contribution in [2.24, 2.45) is 0 Å². The molecule has 1 atom stereocenters. The summed E-state index contributed by atoms with van der Waals surface area (Å²) in [4.78, 5) is 24.0. The lowest BCUT2D eigenvalue weighted by Crippen LogP contribution is -2.45. The lowest BCUT2D eigenvalue weighted by Gasteiger charge is -2.23. The number of carbonyl (C=O) groups is 2. The number of amides is 2. The normalized spacial score (nSPS) is 16.9. The van der Waals surface area contributed by atoms with Crippen LogP contribution in [0.3, 0.4) is 0 Å². The summed E-state index contributed by atoms with van der Waals surface area (Å²) < 4.78 is 18.7. The number of ether oxygens (including phenoxy) is 1. The Labute approximate surface area is 149 Å². The largest absolute Gasteiger partial charge is 0.456 e. The van der Waals surface area contributed by atoms with Gasteiger partial charge in [0.15, 0.2) is 0 Å². The summed E-state index contributed by atoms with van der Waals surface area (Å²) in [6, 6.07) is 9.89. The predicted octanol–water partition coefficient (Wildman–Crippen LogP) is 3.28. The number of piperidine rings is 1. The van der Waals surface area contributed by atoms with Crippen LogP contribution in [-0.4, -0.2) is 24.4 Å². The molecule has 130 valence electrons. The molecule has 2 aromatic carbocycles. The van der Waals surface area contributed by atoms with E-state index >= 15 is 0 Å². The van der Waals surface area contributed by atoms with Gasteiger partial charge in [0.2, 0.25) is 5.91 Å². The Bertz CT molecular complexity index is 795. The minimum absolute atomic E-state index is 0.0876. The molecule has 3 rings (SSSR count). The molecule has 0 aliphatic carbocycles. The number of benzene rings is 2. The maximum absolute atomic E-state index is 13.0. The number of carbonyl (C=O) groups excluding carboxylic acids is 2. The van der Waals surface area contributed by atoms with E-state index in [1.165, 1.54) is 30.3 Å². The van der Waals surface area contributed by atoms with E-state index in [1.54, 1.807) is 12.1 Å².